The van der Waals surface area contributed by atoms with Crippen molar-refractivity contribution in [3.05, 3.63) is 81.0 Å². The van der Waals surface area contributed by atoms with Crippen molar-refractivity contribution in [3.63, 3.8) is 0 Å². The molecule has 2 aromatic carbocycles. The van der Waals surface area contributed by atoms with Gasteiger partial charge in [-0.3, -0.25) is 9.78 Å². The average molecular weight is 309 g/mol. The van der Waals surface area contributed by atoms with Gasteiger partial charge in [-0.1, -0.05) is 46.7 Å². The molecule has 6 heteroatoms. The van der Waals surface area contributed by atoms with Gasteiger partial charge < -0.3 is 10.5 Å². The van der Waals surface area contributed by atoms with Gasteiger partial charge in [0.2, 0.25) is 0 Å². The minimum absolute atomic E-state index is 0.0217. The van der Waals surface area contributed by atoms with Crippen molar-refractivity contribution >= 4 is 11.5 Å². The number of anilines is 2. The van der Waals surface area contributed by atoms with E-state index in [1.54, 1.807) is 0 Å². The quantitative estimate of drug-likeness (QED) is 0.649. The summed E-state index contributed by atoms with van der Waals surface area (Å²) in [5.74, 6) is 0.214. The lowest BCUT2D eigenvalue weighted by atomic mass is 10.0. The van der Waals surface area contributed by atoms with Crippen molar-refractivity contribution < 1.29 is 5.21 Å². The Morgan fingerprint density at radius 1 is 1.00 bits per heavy atom. The maximum Gasteiger partial charge on any atom is 0.363 e. The van der Waals surface area contributed by atoms with E-state index < -0.39 is 11.2 Å². The molecule has 0 saturated heterocycles. The van der Waals surface area contributed by atoms with Crippen LogP contribution in [0, 0.1) is 6.92 Å². The Kier molecular flexibility index (Phi) is 3.72. The van der Waals surface area contributed by atoms with Gasteiger partial charge in [-0.2, -0.15) is 0 Å². The molecule has 3 aromatic rings. The number of hydrogen-bond donors (Lipinski definition) is 3. The molecule has 0 spiro atoms. The molecular formula is C17H15N3O3. The summed E-state index contributed by atoms with van der Waals surface area (Å²) in [6, 6.07) is 16.8. The van der Waals surface area contributed by atoms with E-state index in [4.69, 9.17) is 5.21 Å². The molecule has 0 atom stereocenters. The van der Waals surface area contributed by atoms with Gasteiger partial charge in [-0.05, 0) is 30.2 Å². The van der Waals surface area contributed by atoms with E-state index in [1.165, 1.54) is 5.56 Å². The molecule has 3 rings (SSSR count). The Labute approximate surface area is 131 Å². The maximum absolute atomic E-state index is 11.4. The van der Waals surface area contributed by atoms with Crippen LogP contribution in [0.15, 0.2) is 64.2 Å². The van der Waals surface area contributed by atoms with Crippen LogP contribution in [0.4, 0.5) is 11.5 Å². The summed E-state index contributed by atoms with van der Waals surface area (Å²) in [7, 11) is 0. The molecule has 0 amide bonds. The number of nitrogens with one attached hydrogen (secondary N) is 2. The van der Waals surface area contributed by atoms with E-state index in [1.807, 2.05) is 55.5 Å². The predicted molar refractivity (Wildman–Crippen MR) is 88.4 cm³/mol. The lowest BCUT2D eigenvalue weighted by Crippen LogP contribution is -2.33. The summed E-state index contributed by atoms with van der Waals surface area (Å²) in [5.41, 5.74) is 2.28. The third-order valence-electron chi connectivity index (χ3n) is 3.44. The highest BCUT2D eigenvalue weighted by molar-refractivity contribution is 5.70. The van der Waals surface area contributed by atoms with E-state index in [-0.39, 0.29) is 10.5 Å². The average Bonchev–Trinajstić information content (AvgIpc) is 2.53. The second-order valence-electron chi connectivity index (χ2n) is 5.21. The molecular weight excluding hydrogens is 294 g/mol. The molecule has 0 saturated carbocycles. The molecule has 0 aliphatic rings. The van der Waals surface area contributed by atoms with Crippen LogP contribution in [0.5, 0.6) is 0 Å². The van der Waals surface area contributed by atoms with Crippen LogP contribution in [-0.4, -0.2) is 14.9 Å². The van der Waals surface area contributed by atoms with Crippen LogP contribution in [0.25, 0.3) is 11.1 Å². The summed E-state index contributed by atoms with van der Waals surface area (Å²) in [6.45, 7) is 2.03. The molecule has 3 N–H and O–H groups in total. The molecule has 1 heterocycles. The van der Waals surface area contributed by atoms with Crippen LogP contribution in [0.2, 0.25) is 0 Å². The van der Waals surface area contributed by atoms with E-state index in [2.05, 4.69) is 10.3 Å². The molecule has 0 aliphatic heterocycles. The van der Waals surface area contributed by atoms with Crippen molar-refractivity contribution in [3.8, 4) is 11.1 Å². The minimum Gasteiger partial charge on any atom is -0.421 e. The second-order valence-corrected chi connectivity index (χ2v) is 5.21. The second kappa shape index (κ2) is 5.84. The lowest BCUT2D eigenvalue weighted by molar-refractivity contribution is 0.160. The van der Waals surface area contributed by atoms with Gasteiger partial charge in [-0.25, -0.2) is 4.79 Å². The molecule has 6 nitrogen and oxygen atoms in total. The minimum atomic E-state index is -0.894. The monoisotopic (exact) mass is 309 g/mol. The smallest absolute Gasteiger partial charge is 0.363 e. The number of aromatic amines is 1. The number of nitrogens with zero attached hydrogens (tertiary/aromatic N) is 1. The number of aromatic nitrogens is 2. The predicted octanol–water partition coefficient (Wildman–Crippen LogP) is 2.49. The number of rotatable bonds is 3. The molecule has 0 radical (unpaired) electrons. The van der Waals surface area contributed by atoms with Crippen molar-refractivity contribution in [1.29, 1.82) is 0 Å². The van der Waals surface area contributed by atoms with E-state index in [0.29, 0.717) is 5.69 Å². The van der Waals surface area contributed by atoms with Gasteiger partial charge in [0.05, 0.1) is 0 Å². The SMILES string of the molecule is Cc1ccc(-c2cccc(Nc3cc(=O)n(O)c(=O)[nH]3)c2)cc1. The zero-order chi connectivity index (χ0) is 16.4. The topological polar surface area (TPSA) is 87.1 Å². The van der Waals surface area contributed by atoms with Gasteiger partial charge in [0.25, 0.3) is 5.56 Å². The fourth-order valence-electron chi connectivity index (χ4n) is 2.23. The van der Waals surface area contributed by atoms with Crippen LogP contribution in [0.1, 0.15) is 5.56 Å². The fourth-order valence-corrected chi connectivity index (χ4v) is 2.23. The maximum atomic E-state index is 11.4. The Hall–Kier alpha value is -3.28. The van der Waals surface area contributed by atoms with Crippen LogP contribution < -0.4 is 16.6 Å². The van der Waals surface area contributed by atoms with E-state index in [9.17, 15) is 9.59 Å². The van der Waals surface area contributed by atoms with Crippen molar-refractivity contribution in [2.24, 2.45) is 0 Å². The lowest BCUT2D eigenvalue weighted by Gasteiger charge is -2.09. The molecule has 116 valence electrons. The number of aryl methyl sites for hydroxylation is 1. The van der Waals surface area contributed by atoms with Gasteiger partial charge >= 0.3 is 5.69 Å². The zero-order valence-electron chi connectivity index (χ0n) is 12.4. The third kappa shape index (κ3) is 3.16. The highest BCUT2D eigenvalue weighted by atomic mass is 16.5. The summed E-state index contributed by atoms with van der Waals surface area (Å²) < 4.78 is 0.0217. The Morgan fingerprint density at radius 3 is 2.43 bits per heavy atom. The third-order valence-corrected chi connectivity index (χ3v) is 3.44. The van der Waals surface area contributed by atoms with Gasteiger partial charge in [0.15, 0.2) is 0 Å². The Bertz CT molecular complexity index is 925. The zero-order valence-corrected chi connectivity index (χ0v) is 12.4. The summed E-state index contributed by atoms with van der Waals surface area (Å²) in [4.78, 5) is 25.2. The molecule has 0 unspecified atom stereocenters. The number of benzene rings is 2. The van der Waals surface area contributed by atoms with Crippen molar-refractivity contribution in [1.82, 2.24) is 9.71 Å². The first-order valence-corrected chi connectivity index (χ1v) is 7.03. The molecule has 0 bridgehead atoms. The first kappa shape index (κ1) is 14.6. The Morgan fingerprint density at radius 2 is 1.74 bits per heavy atom. The van der Waals surface area contributed by atoms with Crippen LogP contribution in [0.3, 0.4) is 0 Å². The Balaban J connectivity index is 1.93. The molecule has 0 fully saturated rings. The van der Waals surface area contributed by atoms with Crippen LogP contribution >= 0.6 is 0 Å². The summed E-state index contributed by atoms with van der Waals surface area (Å²) >= 11 is 0. The number of H-pyrrole nitrogens is 1. The highest BCUT2D eigenvalue weighted by Gasteiger charge is 2.04. The first-order valence-electron chi connectivity index (χ1n) is 7.03. The molecule has 23 heavy (non-hydrogen) atoms. The first-order chi connectivity index (χ1) is 11.0. The highest BCUT2D eigenvalue weighted by Crippen LogP contribution is 2.24. The molecule has 1 aromatic heterocycles. The normalized spacial score (nSPS) is 10.5. The van der Waals surface area contributed by atoms with E-state index in [0.717, 1.165) is 17.2 Å². The standard InChI is InChI=1S/C17H15N3O3/c1-11-5-7-12(8-6-11)13-3-2-4-14(9-13)18-15-10-16(21)20(23)17(22)19-15/h2-10,18,23H,1H3,(H,19,22). The van der Waals surface area contributed by atoms with Crippen molar-refractivity contribution in [2.45, 2.75) is 6.92 Å². The summed E-state index contributed by atoms with van der Waals surface area (Å²) in [5, 5.41) is 12.1. The van der Waals surface area contributed by atoms with Crippen molar-refractivity contribution in [2.75, 3.05) is 5.32 Å². The molecule has 0 aliphatic carbocycles. The number of hydrogen-bond acceptors (Lipinski definition) is 4. The van der Waals surface area contributed by atoms with Gasteiger partial charge in [-0.15, -0.1) is 0 Å². The van der Waals surface area contributed by atoms with Gasteiger partial charge in [0, 0.05) is 11.8 Å². The van der Waals surface area contributed by atoms with Crippen LogP contribution in [-0.2, 0) is 0 Å². The largest absolute Gasteiger partial charge is 0.421 e. The van der Waals surface area contributed by atoms with Gasteiger partial charge in [0.1, 0.15) is 5.82 Å². The van der Waals surface area contributed by atoms with E-state index >= 15 is 0 Å². The summed E-state index contributed by atoms with van der Waals surface area (Å²) in [6.07, 6.45) is 0. The fraction of sp³-hybridized carbons (Fsp3) is 0.0588.